The summed E-state index contributed by atoms with van der Waals surface area (Å²) in [6.45, 7) is 0.585. The summed E-state index contributed by atoms with van der Waals surface area (Å²) in [7, 11) is 1.87. The fourth-order valence-corrected chi connectivity index (χ4v) is 4.06. The lowest BCUT2D eigenvalue weighted by molar-refractivity contribution is 0.0939. The third kappa shape index (κ3) is 4.71. The number of nitrogens with zero attached hydrogens (tertiary/aromatic N) is 6. The monoisotopic (exact) mass is 461 g/mol. The number of aromatic nitrogens is 5. The van der Waals surface area contributed by atoms with Crippen LogP contribution in [-0.2, 0) is 13.5 Å². The molecule has 2 aromatic carbocycles. The van der Waals surface area contributed by atoms with Crippen LogP contribution in [0.25, 0.3) is 16.6 Å². The molecule has 0 amide bonds. The van der Waals surface area contributed by atoms with Gasteiger partial charge < -0.3 is 5.32 Å². The molecule has 0 radical (unpaired) electrons. The highest BCUT2D eigenvalue weighted by atomic mass is 16.1. The zero-order chi connectivity index (χ0) is 24.2. The Hall–Kier alpha value is -4.61. The third-order valence-corrected chi connectivity index (χ3v) is 5.92. The van der Waals surface area contributed by atoms with E-state index < -0.39 is 6.04 Å². The van der Waals surface area contributed by atoms with E-state index in [1.807, 2.05) is 74.0 Å². The van der Waals surface area contributed by atoms with Crippen molar-refractivity contribution in [3.05, 3.63) is 108 Å². The topological polar surface area (TPSA) is 101 Å². The molecule has 1 atom stereocenters. The maximum atomic E-state index is 13.7. The Bertz CT molecular complexity index is 1510. The first-order valence-corrected chi connectivity index (χ1v) is 11.3. The van der Waals surface area contributed by atoms with Gasteiger partial charge in [-0.3, -0.25) is 9.48 Å². The molecule has 172 valence electrons. The smallest absolute Gasteiger partial charge is 0.206 e. The number of carbonyl (C=O) groups excluding carboxylic acids is 1. The Balaban J connectivity index is 1.39. The van der Waals surface area contributed by atoms with Gasteiger partial charge in [0.15, 0.2) is 5.69 Å². The Kier molecular flexibility index (Phi) is 6.16. The number of carbonyl (C=O) groups is 1. The van der Waals surface area contributed by atoms with Crippen LogP contribution in [0.1, 0.15) is 33.2 Å². The maximum absolute atomic E-state index is 13.7. The van der Waals surface area contributed by atoms with Gasteiger partial charge in [0.05, 0.1) is 29.4 Å². The van der Waals surface area contributed by atoms with E-state index in [0.717, 1.165) is 28.7 Å². The number of fused-ring (bicyclic) bond motifs is 1. The van der Waals surface area contributed by atoms with Gasteiger partial charge in [0.1, 0.15) is 0 Å². The van der Waals surface area contributed by atoms with E-state index in [1.54, 1.807) is 27.5 Å². The number of hydrogen-bond donors (Lipinski definition) is 1. The summed E-state index contributed by atoms with van der Waals surface area (Å²) < 4.78 is 3.37. The number of benzene rings is 2. The highest BCUT2D eigenvalue weighted by Crippen LogP contribution is 2.23. The summed E-state index contributed by atoms with van der Waals surface area (Å²) in [5, 5.41) is 25.1. The molecule has 0 spiro atoms. The summed E-state index contributed by atoms with van der Waals surface area (Å²) >= 11 is 0. The summed E-state index contributed by atoms with van der Waals surface area (Å²) in [6.07, 6.45) is 6.28. The van der Waals surface area contributed by atoms with Gasteiger partial charge in [-0.2, -0.15) is 10.4 Å². The van der Waals surface area contributed by atoms with Gasteiger partial charge in [-0.25, -0.2) is 4.52 Å². The molecule has 0 saturated heterocycles. The van der Waals surface area contributed by atoms with E-state index >= 15 is 0 Å². The fraction of sp³-hybridized carbons (Fsp3) is 0.148. The Morgan fingerprint density at radius 1 is 1.03 bits per heavy atom. The lowest BCUT2D eigenvalue weighted by Gasteiger charge is -2.17. The molecule has 0 fully saturated rings. The minimum Gasteiger partial charge on any atom is -0.303 e. The molecule has 3 aromatic heterocycles. The molecule has 8 heteroatoms. The van der Waals surface area contributed by atoms with Gasteiger partial charge in [-0.05, 0) is 35.7 Å². The number of Topliss-reactive ketones (excluding diaryl/α,β-unsaturated/α-hetero) is 1. The molecule has 0 aliphatic heterocycles. The molecular formula is C27H23N7O. The van der Waals surface area contributed by atoms with Crippen LogP contribution in [0.3, 0.4) is 0 Å². The van der Waals surface area contributed by atoms with Gasteiger partial charge in [-0.15, -0.1) is 5.10 Å². The highest BCUT2D eigenvalue weighted by molar-refractivity contribution is 6.04. The summed E-state index contributed by atoms with van der Waals surface area (Å²) in [5.41, 5.74) is 5.46. The van der Waals surface area contributed by atoms with Gasteiger partial charge in [0, 0.05) is 37.1 Å². The first-order valence-electron chi connectivity index (χ1n) is 11.3. The molecule has 0 aliphatic carbocycles. The summed E-state index contributed by atoms with van der Waals surface area (Å²) in [6, 6.07) is 22.5. The van der Waals surface area contributed by atoms with E-state index in [4.69, 9.17) is 5.26 Å². The molecule has 8 nitrogen and oxygen atoms in total. The van der Waals surface area contributed by atoms with Crippen LogP contribution in [0.2, 0.25) is 0 Å². The molecule has 0 saturated carbocycles. The standard InChI is InChI=1S/C27H23N7O/c1-33-17-23(16-30-33)22-11-12-24-26(31-32-34(24)18-22)27(35)25(21-5-3-2-4-6-21)29-14-13-19-7-9-20(15-28)10-8-19/h2-12,16-18,25,29H,13-14H2,1H3/t25-/m0/s1. The molecule has 35 heavy (non-hydrogen) atoms. The van der Waals surface area contributed by atoms with Crippen molar-refractivity contribution in [1.29, 1.82) is 5.26 Å². The van der Waals surface area contributed by atoms with Crippen molar-refractivity contribution >= 4 is 11.3 Å². The number of pyridine rings is 1. The first kappa shape index (κ1) is 22.2. The van der Waals surface area contributed by atoms with Crippen LogP contribution in [0.5, 0.6) is 0 Å². The van der Waals surface area contributed by atoms with Crippen LogP contribution in [-0.4, -0.2) is 36.9 Å². The minimum atomic E-state index is -0.562. The molecule has 5 aromatic rings. The largest absolute Gasteiger partial charge is 0.303 e. The first-order chi connectivity index (χ1) is 17.1. The zero-order valence-corrected chi connectivity index (χ0v) is 19.2. The number of rotatable bonds is 8. The quantitative estimate of drug-likeness (QED) is 0.353. The molecular weight excluding hydrogens is 438 g/mol. The third-order valence-electron chi connectivity index (χ3n) is 5.92. The molecule has 5 rings (SSSR count). The van der Waals surface area contributed by atoms with Crippen LogP contribution in [0.15, 0.2) is 85.3 Å². The van der Waals surface area contributed by atoms with Gasteiger partial charge in [-0.1, -0.05) is 53.7 Å². The number of hydrogen-bond acceptors (Lipinski definition) is 6. The molecule has 0 aliphatic rings. The number of nitrogens with one attached hydrogen (secondary N) is 1. The Morgan fingerprint density at radius 2 is 1.83 bits per heavy atom. The van der Waals surface area contributed by atoms with E-state index in [0.29, 0.717) is 23.3 Å². The average Bonchev–Trinajstić information content (AvgIpc) is 3.53. The second kappa shape index (κ2) is 9.71. The van der Waals surface area contributed by atoms with Crippen molar-refractivity contribution in [2.24, 2.45) is 7.05 Å². The van der Waals surface area contributed by atoms with E-state index in [-0.39, 0.29) is 5.78 Å². The zero-order valence-electron chi connectivity index (χ0n) is 19.2. The number of nitriles is 1. The Morgan fingerprint density at radius 3 is 2.54 bits per heavy atom. The van der Waals surface area contributed by atoms with E-state index in [1.165, 1.54) is 0 Å². The van der Waals surface area contributed by atoms with Crippen molar-refractivity contribution in [3.8, 4) is 17.2 Å². The normalized spacial score (nSPS) is 11.9. The molecule has 0 unspecified atom stereocenters. The number of aryl methyl sites for hydroxylation is 1. The second-order valence-corrected chi connectivity index (χ2v) is 8.31. The SMILES string of the molecule is Cn1cc(-c2ccc3c(C(=O)[C@@H](NCCc4ccc(C#N)cc4)c4ccccc4)nnn3c2)cn1. The van der Waals surface area contributed by atoms with Crippen LogP contribution < -0.4 is 5.32 Å². The van der Waals surface area contributed by atoms with Crippen molar-refractivity contribution in [1.82, 2.24) is 29.9 Å². The molecule has 1 N–H and O–H groups in total. The summed E-state index contributed by atoms with van der Waals surface area (Å²) in [5.74, 6) is -0.139. The second-order valence-electron chi connectivity index (χ2n) is 8.31. The fourth-order valence-electron chi connectivity index (χ4n) is 4.06. The molecule has 3 heterocycles. The van der Waals surface area contributed by atoms with Crippen molar-refractivity contribution < 1.29 is 4.79 Å². The average molecular weight is 462 g/mol. The predicted octanol–water partition coefficient (Wildman–Crippen LogP) is 3.76. The van der Waals surface area contributed by atoms with Crippen molar-refractivity contribution in [2.45, 2.75) is 12.5 Å². The lowest BCUT2D eigenvalue weighted by atomic mass is 9.99. The number of ketones is 1. The maximum Gasteiger partial charge on any atom is 0.206 e. The minimum absolute atomic E-state index is 0.139. The van der Waals surface area contributed by atoms with Crippen molar-refractivity contribution in [2.75, 3.05) is 6.54 Å². The Labute approximate surface area is 202 Å². The highest BCUT2D eigenvalue weighted by Gasteiger charge is 2.26. The van der Waals surface area contributed by atoms with Crippen LogP contribution >= 0.6 is 0 Å². The predicted molar refractivity (Wildman–Crippen MR) is 132 cm³/mol. The van der Waals surface area contributed by atoms with E-state index in [9.17, 15) is 4.79 Å². The molecule has 0 bridgehead atoms. The summed E-state index contributed by atoms with van der Waals surface area (Å²) in [4.78, 5) is 13.7. The van der Waals surface area contributed by atoms with Crippen molar-refractivity contribution in [3.63, 3.8) is 0 Å². The lowest BCUT2D eigenvalue weighted by Crippen LogP contribution is -2.30. The van der Waals surface area contributed by atoms with Gasteiger partial charge >= 0.3 is 0 Å². The van der Waals surface area contributed by atoms with Crippen LogP contribution in [0, 0.1) is 11.3 Å². The van der Waals surface area contributed by atoms with E-state index in [2.05, 4.69) is 26.8 Å². The van der Waals surface area contributed by atoms with Gasteiger partial charge in [0.25, 0.3) is 0 Å². The van der Waals surface area contributed by atoms with Gasteiger partial charge in [0.2, 0.25) is 5.78 Å². The van der Waals surface area contributed by atoms with Crippen LogP contribution in [0.4, 0.5) is 0 Å².